The molecule has 0 aliphatic rings. The number of carbonyl (C=O) groups is 4. The summed E-state index contributed by atoms with van der Waals surface area (Å²) in [5.41, 5.74) is 0. The van der Waals surface area contributed by atoms with Gasteiger partial charge >= 0.3 is 33.6 Å². The van der Waals surface area contributed by atoms with Gasteiger partial charge in [0.1, 0.15) is 19.3 Å². The van der Waals surface area contributed by atoms with E-state index in [1.54, 1.807) is 0 Å². The van der Waals surface area contributed by atoms with E-state index in [0.717, 1.165) is 77.0 Å². The van der Waals surface area contributed by atoms with E-state index in [1.807, 2.05) is 6.92 Å². The molecule has 0 aromatic rings. The van der Waals surface area contributed by atoms with E-state index in [2.05, 4.69) is 20.8 Å². The number of hydrogen-bond acceptors (Lipinski definition) is 15. The Morgan fingerprint density at radius 1 is 0.415 bits per heavy atom. The highest BCUT2D eigenvalue weighted by Crippen LogP contribution is 2.45. The Balaban J connectivity index is 4.79. The van der Waals surface area contributed by atoms with E-state index in [4.69, 9.17) is 37.0 Å². The Labute approximate surface area is 390 Å². The molecule has 5 atom stereocenters. The third-order valence-corrected chi connectivity index (χ3v) is 12.2. The molecule has 0 radical (unpaired) electrons. The standard InChI is InChI=1S/C46H87O17P2/c1-5-9-12-14-16-17-18-19-20-21-22-23-25-27-30-33-45(50)62-41(36-56-43(48)8-4)38-60-64(52,53)58-34-40(47)35-59-65(54,55)61-39-42(37-57-44(49)31-28-11-7-3)63-46(51)32-29-26-24-15-13-10-6-2/h40-42,47H,4-39H2,1-3H3,(H,52,53)(H,54,55)/q-1/t40-,41-,42-/m1/s1. The fraction of sp³-hybridized carbons (Fsp3) is 0.891. The van der Waals surface area contributed by atoms with E-state index < -0.39 is 97.5 Å². The van der Waals surface area contributed by atoms with Gasteiger partial charge in [-0.25, -0.2) is 9.13 Å². The number of aliphatic hydroxyl groups excluding tert-OH is 1. The van der Waals surface area contributed by atoms with Gasteiger partial charge in [0.05, 0.1) is 26.4 Å². The van der Waals surface area contributed by atoms with Crippen LogP contribution in [0.25, 0.3) is 0 Å². The van der Waals surface area contributed by atoms with E-state index in [0.29, 0.717) is 19.3 Å². The fourth-order valence-electron chi connectivity index (χ4n) is 6.46. The van der Waals surface area contributed by atoms with Crippen LogP contribution >= 0.6 is 15.6 Å². The average molecular weight is 974 g/mol. The molecule has 0 spiro atoms. The first-order valence-electron chi connectivity index (χ1n) is 24.6. The Morgan fingerprint density at radius 3 is 1.05 bits per heavy atom. The maximum absolute atomic E-state index is 12.6. The van der Waals surface area contributed by atoms with Crippen molar-refractivity contribution in [2.24, 2.45) is 0 Å². The molecule has 17 nitrogen and oxygen atoms in total. The van der Waals surface area contributed by atoms with Crippen LogP contribution in [-0.4, -0.2) is 96.7 Å². The molecule has 0 heterocycles. The van der Waals surface area contributed by atoms with Crippen LogP contribution in [0.5, 0.6) is 0 Å². The molecule has 0 saturated carbocycles. The first-order valence-corrected chi connectivity index (χ1v) is 27.6. The van der Waals surface area contributed by atoms with Crippen molar-refractivity contribution in [2.75, 3.05) is 39.6 Å². The number of ether oxygens (including phenoxy) is 4. The number of carbonyl (C=O) groups excluding carboxylic acids is 4. The van der Waals surface area contributed by atoms with Gasteiger partial charge in [0.2, 0.25) is 0 Å². The number of rotatable bonds is 47. The second kappa shape index (κ2) is 42.2. The summed E-state index contributed by atoms with van der Waals surface area (Å²) < 4.78 is 65.8. The lowest BCUT2D eigenvalue weighted by Gasteiger charge is -2.21. The number of aliphatic hydroxyl groups is 1. The lowest BCUT2D eigenvalue weighted by atomic mass is 10.0. The summed E-state index contributed by atoms with van der Waals surface area (Å²) in [7, 11) is -9.82. The molecule has 0 saturated heterocycles. The van der Waals surface area contributed by atoms with Gasteiger partial charge in [0.25, 0.3) is 5.97 Å². The smallest absolute Gasteiger partial charge is 0.464 e. The zero-order valence-electron chi connectivity index (χ0n) is 40.1. The van der Waals surface area contributed by atoms with E-state index >= 15 is 0 Å². The molecule has 65 heavy (non-hydrogen) atoms. The minimum Gasteiger partial charge on any atom is -0.464 e. The van der Waals surface area contributed by atoms with Crippen LogP contribution in [0.15, 0.2) is 0 Å². The second-order valence-corrected chi connectivity index (χ2v) is 19.5. The van der Waals surface area contributed by atoms with Gasteiger partial charge in [-0.2, -0.15) is 0 Å². The molecule has 0 bridgehead atoms. The summed E-state index contributed by atoms with van der Waals surface area (Å²) in [6.45, 7) is 5.70. The minimum absolute atomic E-state index is 0.0909. The molecule has 2 unspecified atom stereocenters. The van der Waals surface area contributed by atoms with Gasteiger partial charge in [-0.15, -0.1) is 0 Å². The van der Waals surface area contributed by atoms with Crippen LogP contribution in [0, 0.1) is 6.92 Å². The van der Waals surface area contributed by atoms with Gasteiger partial charge in [0.15, 0.2) is 12.2 Å². The van der Waals surface area contributed by atoms with Gasteiger partial charge in [-0.3, -0.25) is 37.3 Å². The highest BCUT2D eigenvalue weighted by molar-refractivity contribution is 7.47. The van der Waals surface area contributed by atoms with Gasteiger partial charge < -0.3 is 40.8 Å². The summed E-state index contributed by atoms with van der Waals surface area (Å²) in [4.78, 5) is 69.5. The van der Waals surface area contributed by atoms with Crippen molar-refractivity contribution in [1.82, 2.24) is 0 Å². The van der Waals surface area contributed by atoms with Crippen LogP contribution < -0.4 is 0 Å². The summed E-state index contributed by atoms with van der Waals surface area (Å²) in [6.07, 6.45) is 22.8. The van der Waals surface area contributed by atoms with E-state index in [9.17, 15) is 43.2 Å². The maximum Gasteiger partial charge on any atom is 0.472 e. The number of unbranched alkanes of at least 4 members (excludes halogenated alkanes) is 22. The Morgan fingerprint density at radius 2 is 0.692 bits per heavy atom. The molecule has 0 aromatic heterocycles. The number of esters is 4. The zero-order valence-corrected chi connectivity index (χ0v) is 41.9. The Hall–Kier alpha value is -1.94. The van der Waals surface area contributed by atoms with Crippen molar-refractivity contribution in [2.45, 2.75) is 225 Å². The number of phosphoric acid groups is 2. The molecule has 0 aliphatic carbocycles. The maximum atomic E-state index is 12.6. The normalized spacial score (nSPS) is 14.8. The molecule has 384 valence electrons. The Kier molecular flexibility index (Phi) is 40.9. The van der Waals surface area contributed by atoms with Gasteiger partial charge in [-0.05, 0) is 19.3 Å². The summed E-state index contributed by atoms with van der Waals surface area (Å²) in [5.74, 6) is -2.41. The summed E-state index contributed by atoms with van der Waals surface area (Å²) in [5, 5.41) is 10.3. The lowest BCUT2D eigenvalue weighted by Crippen LogP contribution is -2.30. The van der Waals surface area contributed by atoms with Crippen LogP contribution in [0.3, 0.4) is 0 Å². The molecule has 0 aromatic carbocycles. The lowest BCUT2D eigenvalue weighted by molar-refractivity contribution is -0.161. The van der Waals surface area contributed by atoms with Crippen molar-refractivity contribution in [3.05, 3.63) is 6.92 Å². The van der Waals surface area contributed by atoms with Gasteiger partial charge in [-0.1, -0.05) is 168 Å². The van der Waals surface area contributed by atoms with Crippen LogP contribution in [0.1, 0.15) is 207 Å². The number of phosphoric ester groups is 2. The Bertz CT molecular complexity index is 1300. The number of hydrogen-bond donors (Lipinski definition) is 3. The molecule has 0 rings (SSSR count). The fourth-order valence-corrected chi connectivity index (χ4v) is 8.04. The summed E-state index contributed by atoms with van der Waals surface area (Å²) in [6, 6.07) is 0. The quantitative estimate of drug-likeness (QED) is 0.0169. The van der Waals surface area contributed by atoms with Crippen molar-refractivity contribution in [3.63, 3.8) is 0 Å². The monoisotopic (exact) mass is 974 g/mol. The third kappa shape index (κ3) is 41.9. The van der Waals surface area contributed by atoms with Crippen LogP contribution in [-0.2, 0) is 65.4 Å². The molecular weight excluding hydrogens is 886 g/mol. The van der Waals surface area contributed by atoms with Gasteiger partial charge in [0, 0.05) is 19.3 Å². The topological polar surface area (TPSA) is 237 Å². The highest BCUT2D eigenvalue weighted by atomic mass is 31.2. The van der Waals surface area contributed by atoms with Crippen molar-refractivity contribution >= 4 is 39.5 Å². The highest BCUT2D eigenvalue weighted by Gasteiger charge is 2.30. The van der Waals surface area contributed by atoms with Crippen molar-refractivity contribution < 1.29 is 80.2 Å². The predicted octanol–water partition coefficient (Wildman–Crippen LogP) is 10.7. The molecular formula is C46H87O17P2-. The molecule has 0 fully saturated rings. The largest absolute Gasteiger partial charge is 0.472 e. The summed E-state index contributed by atoms with van der Waals surface area (Å²) >= 11 is 0. The van der Waals surface area contributed by atoms with Crippen molar-refractivity contribution in [3.8, 4) is 0 Å². The van der Waals surface area contributed by atoms with E-state index in [1.165, 1.54) is 64.2 Å². The van der Waals surface area contributed by atoms with Crippen molar-refractivity contribution in [1.29, 1.82) is 0 Å². The molecule has 19 heteroatoms. The minimum atomic E-state index is -4.91. The van der Waals surface area contributed by atoms with Crippen LogP contribution in [0.4, 0.5) is 0 Å². The van der Waals surface area contributed by atoms with Crippen LogP contribution in [0.2, 0.25) is 0 Å². The predicted molar refractivity (Wildman–Crippen MR) is 247 cm³/mol. The molecule has 0 amide bonds. The average Bonchev–Trinajstić information content (AvgIpc) is 3.27. The second-order valence-electron chi connectivity index (χ2n) is 16.6. The molecule has 3 N–H and O–H groups in total. The first kappa shape index (κ1) is 63.1. The first-order chi connectivity index (χ1) is 31.2. The van der Waals surface area contributed by atoms with E-state index in [-0.39, 0.29) is 25.7 Å². The zero-order chi connectivity index (χ0) is 48.4. The third-order valence-electron chi connectivity index (χ3n) is 10.3. The SMILES string of the molecule is [CH2-]CC(=O)OC[C@H](COP(=O)(O)OC[C@@H](O)COP(=O)(O)OC[C@@H](COC(=O)CCCCC)OC(=O)CCCCCCCCC)OC(=O)CCCCCCCCCCCCCCCCC. The molecule has 0 aliphatic heterocycles.